The lowest BCUT2D eigenvalue weighted by atomic mass is 9.99. The SMILES string of the molecule is Cc1ccccc1NC(=S)N(CCCN1CCC(C)CC1)Cc1cccs1. The summed E-state index contributed by atoms with van der Waals surface area (Å²) in [5.74, 6) is 0.891. The van der Waals surface area contributed by atoms with Gasteiger partial charge in [0.15, 0.2) is 5.11 Å². The molecule has 0 radical (unpaired) electrons. The van der Waals surface area contributed by atoms with E-state index in [1.165, 1.54) is 42.9 Å². The van der Waals surface area contributed by atoms with E-state index in [0.717, 1.165) is 36.2 Å². The van der Waals surface area contributed by atoms with E-state index in [0.29, 0.717) is 0 Å². The van der Waals surface area contributed by atoms with Gasteiger partial charge in [-0.2, -0.15) is 0 Å². The summed E-state index contributed by atoms with van der Waals surface area (Å²) >= 11 is 7.58. The van der Waals surface area contributed by atoms with Gasteiger partial charge in [0, 0.05) is 17.1 Å². The lowest BCUT2D eigenvalue weighted by Gasteiger charge is -2.31. The van der Waals surface area contributed by atoms with Crippen molar-refractivity contribution in [1.82, 2.24) is 9.80 Å². The lowest BCUT2D eigenvalue weighted by molar-refractivity contribution is 0.186. The van der Waals surface area contributed by atoms with E-state index in [9.17, 15) is 0 Å². The van der Waals surface area contributed by atoms with Crippen LogP contribution in [0.15, 0.2) is 41.8 Å². The van der Waals surface area contributed by atoms with Gasteiger partial charge in [-0.3, -0.25) is 0 Å². The molecule has 0 atom stereocenters. The van der Waals surface area contributed by atoms with Crippen LogP contribution in [0.25, 0.3) is 0 Å². The first-order valence-corrected chi connectivity index (χ1v) is 11.3. The normalized spacial score (nSPS) is 15.6. The molecule has 3 rings (SSSR count). The minimum absolute atomic E-state index is 0.824. The van der Waals surface area contributed by atoms with Crippen LogP contribution in [-0.2, 0) is 6.54 Å². The summed E-state index contributed by atoms with van der Waals surface area (Å²) < 4.78 is 0. The number of thiocarbonyl (C=S) groups is 1. The molecule has 5 heteroatoms. The molecule has 146 valence electrons. The molecule has 2 aromatic rings. The predicted molar refractivity (Wildman–Crippen MR) is 122 cm³/mol. The van der Waals surface area contributed by atoms with Crippen LogP contribution in [-0.4, -0.2) is 41.1 Å². The van der Waals surface area contributed by atoms with Gasteiger partial charge in [0.05, 0.1) is 6.54 Å². The Morgan fingerprint density at radius 1 is 1.22 bits per heavy atom. The predicted octanol–water partition coefficient (Wildman–Crippen LogP) is 5.38. The molecule has 1 aliphatic heterocycles. The van der Waals surface area contributed by atoms with Gasteiger partial charge in [-0.1, -0.05) is 31.2 Å². The molecule has 0 saturated carbocycles. The Morgan fingerprint density at radius 2 is 2.00 bits per heavy atom. The molecule has 0 amide bonds. The minimum Gasteiger partial charge on any atom is -0.344 e. The first kappa shape index (κ1) is 20.3. The number of anilines is 1. The number of hydrogen-bond acceptors (Lipinski definition) is 3. The molecule has 1 N–H and O–H groups in total. The van der Waals surface area contributed by atoms with Gasteiger partial charge in [-0.05, 0) is 87.0 Å². The fourth-order valence-electron chi connectivity index (χ4n) is 3.52. The maximum absolute atomic E-state index is 5.78. The number of thiophene rings is 1. The zero-order valence-electron chi connectivity index (χ0n) is 16.5. The van der Waals surface area contributed by atoms with Crippen molar-refractivity contribution in [3.8, 4) is 0 Å². The zero-order chi connectivity index (χ0) is 19.1. The highest BCUT2D eigenvalue weighted by Gasteiger charge is 2.17. The smallest absolute Gasteiger partial charge is 0.173 e. The number of para-hydroxylation sites is 1. The number of hydrogen-bond donors (Lipinski definition) is 1. The number of aryl methyl sites for hydroxylation is 1. The van der Waals surface area contributed by atoms with Crippen molar-refractivity contribution in [3.05, 3.63) is 52.2 Å². The van der Waals surface area contributed by atoms with Gasteiger partial charge in [0.2, 0.25) is 0 Å². The average Bonchev–Trinajstić information content (AvgIpc) is 3.17. The van der Waals surface area contributed by atoms with Gasteiger partial charge in [-0.25, -0.2) is 0 Å². The van der Waals surface area contributed by atoms with Gasteiger partial charge >= 0.3 is 0 Å². The second-order valence-electron chi connectivity index (χ2n) is 7.62. The fourth-order valence-corrected chi connectivity index (χ4v) is 4.51. The molecule has 0 unspecified atom stereocenters. The molecule has 1 aromatic carbocycles. The van der Waals surface area contributed by atoms with Crippen molar-refractivity contribution in [2.24, 2.45) is 5.92 Å². The molecule has 1 aliphatic rings. The van der Waals surface area contributed by atoms with Crippen LogP contribution in [0.4, 0.5) is 5.69 Å². The van der Waals surface area contributed by atoms with Gasteiger partial charge in [0.25, 0.3) is 0 Å². The molecule has 3 nitrogen and oxygen atoms in total. The van der Waals surface area contributed by atoms with Crippen molar-refractivity contribution in [2.45, 2.75) is 39.7 Å². The van der Waals surface area contributed by atoms with Crippen molar-refractivity contribution in [1.29, 1.82) is 0 Å². The van der Waals surface area contributed by atoms with E-state index >= 15 is 0 Å². The Labute approximate surface area is 173 Å². The second kappa shape index (κ2) is 10.2. The summed E-state index contributed by atoms with van der Waals surface area (Å²) in [6, 6.07) is 12.6. The third kappa shape index (κ3) is 6.30. The van der Waals surface area contributed by atoms with Crippen molar-refractivity contribution < 1.29 is 0 Å². The van der Waals surface area contributed by atoms with E-state index in [1.807, 2.05) is 0 Å². The van der Waals surface area contributed by atoms with Gasteiger partial charge in [0.1, 0.15) is 0 Å². The molecule has 27 heavy (non-hydrogen) atoms. The zero-order valence-corrected chi connectivity index (χ0v) is 18.1. The summed E-state index contributed by atoms with van der Waals surface area (Å²) in [7, 11) is 0. The van der Waals surface area contributed by atoms with Crippen LogP contribution in [0.5, 0.6) is 0 Å². The van der Waals surface area contributed by atoms with Gasteiger partial charge in [-0.15, -0.1) is 11.3 Å². The van der Waals surface area contributed by atoms with E-state index in [-0.39, 0.29) is 0 Å². The number of nitrogens with one attached hydrogen (secondary N) is 1. The summed E-state index contributed by atoms with van der Waals surface area (Å²) in [5, 5.41) is 6.43. The van der Waals surface area contributed by atoms with Crippen LogP contribution < -0.4 is 5.32 Å². The van der Waals surface area contributed by atoms with Crippen LogP contribution in [0.1, 0.15) is 36.6 Å². The van der Waals surface area contributed by atoms with Crippen LogP contribution in [0, 0.1) is 12.8 Å². The highest BCUT2D eigenvalue weighted by Crippen LogP contribution is 2.18. The number of likely N-dealkylation sites (tertiary alicyclic amines) is 1. The monoisotopic (exact) mass is 401 g/mol. The largest absolute Gasteiger partial charge is 0.344 e. The number of piperidine rings is 1. The first-order chi connectivity index (χ1) is 13.1. The molecule has 1 fully saturated rings. The Kier molecular flexibility index (Phi) is 7.68. The number of rotatable bonds is 7. The summed E-state index contributed by atoms with van der Waals surface area (Å²) in [6.45, 7) is 10.0. The molecule has 0 bridgehead atoms. The van der Waals surface area contributed by atoms with Crippen molar-refractivity contribution >= 4 is 34.4 Å². The summed E-state index contributed by atoms with van der Waals surface area (Å²) in [6.07, 6.45) is 3.83. The third-order valence-corrected chi connectivity index (χ3v) is 6.60. The maximum atomic E-state index is 5.78. The topological polar surface area (TPSA) is 18.5 Å². The molecule has 1 saturated heterocycles. The van der Waals surface area contributed by atoms with Crippen molar-refractivity contribution in [2.75, 3.05) is 31.5 Å². The first-order valence-electron chi connectivity index (χ1n) is 9.98. The van der Waals surface area contributed by atoms with Crippen LogP contribution in [0.2, 0.25) is 0 Å². The van der Waals surface area contributed by atoms with Crippen LogP contribution >= 0.6 is 23.6 Å². The minimum atomic E-state index is 0.824. The Hall–Kier alpha value is -1.43. The maximum Gasteiger partial charge on any atom is 0.173 e. The second-order valence-corrected chi connectivity index (χ2v) is 9.04. The Morgan fingerprint density at radius 3 is 2.70 bits per heavy atom. The van der Waals surface area contributed by atoms with Gasteiger partial charge < -0.3 is 15.1 Å². The fraction of sp³-hybridized carbons (Fsp3) is 0.500. The standard InChI is InChI=1S/C22H31N3S2/c1-18-10-14-24(15-11-18)12-6-13-25(17-20-8-5-16-27-20)22(26)23-21-9-4-3-7-19(21)2/h3-5,7-9,16,18H,6,10-15,17H2,1-2H3,(H,23,26). The number of nitrogens with zero attached hydrogens (tertiary/aromatic N) is 2. The molecular weight excluding hydrogens is 370 g/mol. The van der Waals surface area contributed by atoms with E-state index < -0.39 is 0 Å². The molecule has 0 aliphatic carbocycles. The highest BCUT2D eigenvalue weighted by atomic mass is 32.1. The number of benzene rings is 1. The van der Waals surface area contributed by atoms with E-state index in [1.54, 1.807) is 11.3 Å². The Bertz CT molecular complexity index is 706. The average molecular weight is 402 g/mol. The van der Waals surface area contributed by atoms with Crippen LogP contribution in [0.3, 0.4) is 0 Å². The Balaban J connectivity index is 1.56. The molecular formula is C22H31N3S2. The van der Waals surface area contributed by atoms with E-state index in [2.05, 4.69) is 70.7 Å². The quantitative estimate of drug-likeness (QED) is 0.628. The van der Waals surface area contributed by atoms with E-state index in [4.69, 9.17) is 12.2 Å². The lowest BCUT2D eigenvalue weighted by Crippen LogP contribution is -2.38. The third-order valence-electron chi connectivity index (χ3n) is 5.38. The summed E-state index contributed by atoms with van der Waals surface area (Å²) in [4.78, 5) is 6.29. The summed E-state index contributed by atoms with van der Waals surface area (Å²) in [5.41, 5.74) is 2.32. The highest BCUT2D eigenvalue weighted by molar-refractivity contribution is 7.80. The molecule has 2 heterocycles. The molecule has 0 spiro atoms. The van der Waals surface area contributed by atoms with Crippen molar-refractivity contribution in [3.63, 3.8) is 0 Å². The molecule has 1 aromatic heterocycles.